The third-order valence-corrected chi connectivity index (χ3v) is 6.54. The minimum absolute atomic E-state index is 0.0140. The van der Waals surface area contributed by atoms with Gasteiger partial charge in [0.25, 0.3) is 0 Å². The number of nitrogens with one attached hydrogen (secondary N) is 2. The van der Waals surface area contributed by atoms with Gasteiger partial charge in [-0.25, -0.2) is 0 Å². The number of hydrogen-bond donors (Lipinski definition) is 3. The van der Waals surface area contributed by atoms with Crippen LogP contribution in [-0.4, -0.2) is 48.2 Å². The van der Waals surface area contributed by atoms with Crippen LogP contribution in [0, 0.1) is 11.8 Å². The van der Waals surface area contributed by atoms with Crippen LogP contribution >= 0.6 is 0 Å². The van der Waals surface area contributed by atoms with Crippen LogP contribution in [0.5, 0.6) is 0 Å². The van der Waals surface area contributed by atoms with Gasteiger partial charge in [0.15, 0.2) is 0 Å². The quantitative estimate of drug-likeness (QED) is 0.189. The summed E-state index contributed by atoms with van der Waals surface area (Å²) in [4.78, 5) is 37.9. The van der Waals surface area contributed by atoms with Crippen molar-refractivity contribution >= 4 is 17.8 Å². The number of amides is 2. The second-order valence-electron chi connectivity index (χ2n) is 9.33. The number of benzene rings is 1. The number of carbonyl (C=O) groups excluding carboxylic acids is 3. The predicted octanol–water partition coefficient (Wildman–Crippen LogP) is 3.47. The number of rotatable bonds is 16. The maximum atomic E-state index is 12.7. The summed E-state index contributed by atoms with van der Waals surface area (Å²) in [5, 5.41) is 15.4. The van der Waals surface area contributed by atoms with Gasteiger partial charge in [-0.3, -0.25) is 14.4 Å². The fourth-order valence-electron chi connectivity index (χ4n) is 4.54. The SMILES string of the molecule is C=CCC[C@H](Cc1ccccc1)C(=O)OCCNC(=O)[C@H](CC=C)CC(=O)NC1(CO)CCCC1. The third kappa shape index (κ3) is 9.68. The van der Waals surface area contributed by atoms with Gasteiger partial charge in [-0.15, -0.1) is 13.2 Å². The van der Waals surface area contributed by atoms with Gasteiger partial charge in [-0.1, -0.05) is 55.3 Å². The summed E-state index contributed by atoms with van der Waals surface area (Å²) in [5.74, 6) is -1.68. The fraction of sp³-hybridized carbons (Fsp3) is 0.536. The highest BCUT2D eigenvalue weighted by Gasteiger charge is 2.35. The Balaban J connectivity index is 1.80. The Morgan fingerprint density at radius 1 is 1.09 bits per heavy atom. The molecule has 1 saturated carbocycles. The molecule has 1 aromatic rings. The number of carbonyl (C=O) groups is 3. The molecule has 7 nitrogen and oxygen atoms in total. The molecule has 7 heteroatoms. The first-order chi connectivity index (χ1) is 16.9. The first kappa shape index (κ1) is 28.3. The molecule has 0 heterocycles. The number of ether oxygens (including phenoxy) is 1. The Kier molecular flexibility index (Phi) is 12.2. The van der Waals surface area contributed by atoms with E-state index in [-0.39, 0.29) is 49.9 Å². The summed E-state index contributed by atoms with van der Waals surface area (Å²) in [5.41, 5.74) is 0.500. The monoisotopic (exact) mass is 484 g/mol. The van der Waals surface area contributed by atoms with Crippen LogP contribution in [0.4, 0.5) is 0 Å². The summed E-state index contributed by atoms with van der Waals surface area (Å²) < 4.78 is 5.45. The van der Waals surface area contributed by atoms with Crippen LogP contribution in [0.25, 0.3) is 0 Å². The fourth-order valence-corrected chi connectivity index (χ4v) is 4.54. The van der Waals surface area contributed by atoms with Crippen molar-refractivity contribution in [1.82, 2.24) is 10.6 Å². The highest BCUT2D eigenvalue weighted by Crippen LogP contribution is 2.29. The molecule has 35 heavy (non-hydrogen) atoms. The molecule has 192 valence electrons. The zero-order valence-electron chi connectivity index (χ0n) is 20.7. The normalized spacial score (nSPS) is 16.0. The maximum Gasteiger partial charge on any atom is 0.309 e. The average Bonchev–Trinajstić information content (AvgIpc) is 3.33. The second kappa shape index (κ2) is 15.1. The zero-order chi connectivity index (χ0) is 25.5. The van der Waals surface area contributed by atoms with Gasteiger partial charge in [-0.2, -0.15) is 0 Å². The van der Waals surface area contributed by atoms with Crippen molar-refractivity contribution in [2.45, 2.75) is 63.3 Å². The lowest BCUT2D eigenvalue weighted by atomic mass is 9.95. The molecule has 0 spiro atoms. The Morgan fingerprint density at radius 2 is 1.80 bits per heavy atom. The van der Waals surface area contributed by atoms with Gasteiger partial charge in [0, 0.05) is 6.42 Å². The third-order valence-electron chi connectivity index (χ3n) is 6.54. The van der Waals surface area contributed by atoms with E-state index < -0.39 is 11.5 Å². The van der Waals surface area contributed by atoms with E-state index in [2.05, 4.69) is 23.8 Å². The van der Waals surface area contributed by atoms with Crippen molar-refractivity contribution in [3.63, 3.8) is 0 Å². The van der Waals surface area contributed by atoms with Gasteiger partial charge in [0.2, 0.25) is 11.8 Å². The zero-order valence-corrected chi connectivity index (χ0v) is 20.7. The van der Waals surface area contributed by atoms with Crippen molar-refractivity contribution in [3.8, 4) is 0 Å². The van der Waals surface area contributed by atoms with Crippen molar-refractivity contribution < 1.29 is 24.2 Å². The van der Waals surface area contributed by atoms with E-state index >= 15 is 0 Å². The van der Waals surface area contributed by atoms with Crippen LogP contribution in [0.1, 0.15) is 56.9 Å². The molecule has 3 N–H and O–H groups in total. The predicted molar refractivity (Wildman–Crippen MR) is 136 cm³/mol. The molecule has 2 atom stereocenters. The summed E-state index contributed by atoms with van der Waals surface area (Å²) in [6.07, 6.45) is 9.15. The van der Waals surface area contributed by atoms with E-state index in [0.717, 1.165) is 31.2 Å². The summed E-state index contributed by atoms with van der Waals surface area (Å²) in [7, 11) is 0. The number of esters is 1. The minimum Gasteiger partial charge on any atom is -0.464 e. The minimum atomic E-state index is -0.571. The Hall–Kier alpha value is -2.93. The summed E-state index contributed by atoms with van der Waals surface area (Å²) in [6.45, 7) is 7.56. The van der Waals surface area contributed by atoms with Crippen LogP contribution in [0.2, 0.25) is 0 Å². The first-order valence-corrected chi connectivity index (χ1v) is 12.5. The van der Waals surface area contributed by atoms with Crippen LogP contribution < -0.4 is 10.6 Å². The van der Waals surface area contributed by atoms with Crippen molar-refractivity contribution in [3.05, 3.63) is 61.2 Å². The van der Waals surface area contributed by atoms with E-state index in [1.807, 2.05) is 30.3 Å². The largest absolute Gasteiger partial charge is 0.464 e. The van der Waals surface area contributed by atoms with E-state index in [1.54, 1.807) is 12.2 Å². The number of allylic oxidation sites excluding steroid dienone is 2. The highest BCUT2D eigenvalue weighted by molar-refractivity contribution is 5.86. The molecule has 2 amide bonds. The van der Waals surface area contributed by atoms with Crippen LogP contribution in [-0.2, 0) is 25.5 Å². The molecular weight excluding hydrogens is 444 g/mol. The maximum absolute atomic E-state index is 12.7. The molecule has 1 aliphatic carbocycles. The van der Waals surface area contributed by atoms with Crippen LogP contribution in [0.15, 0.2) is 55.6 Å². The Morgan fingerprint density at radius 3 is 2.43 bits per heavy atom. The Bertz CT molecular complexity index is 833. The molecule has 0 radical (unpaired) electrons. The molecule has 0 saturated heterocycles. The number of aliphatic hydroxyl groups is 1. The van der Waals surface area contributed by atoms with Gasteiger partial charge < -0.3 is 20.5 Å². The van der Waals surface area contributed by atoms with E-state index in [9.17, 15) is 19.5 Å². The summed E-state index contributed by atoms with van der Waals surface area (Å²) in [6, 6.07) is 9.79. The standard InChI is InChI=1S/C28H40N2O5/c1-3-5-14-24(19-22-12-7-6-8-13-22)27(34)35-18-17-29-26(33)23(11-4-2)20-25(32)30-28(21-31)15-9-10-16-28/h3-4,6-8,12-13,23-24,31H,1-2,5,9-11,14-21H2,(H,29,33)(H,30,32)/t23-,24-/m1/s1. The molecule has 0 aliphatic heterocycles. The lowest BCUT2D eigenvalue weighted by Gasteiger charge is -2.28. The van der Waals surface area contributed by atoms with Gasteiger partial charge in [-0.05, 0) is 44.1 Å². The van der Waals surface area contributed by atoms with Crippen molar-refractivity contribution in [2.75, 3.05) is 19.8 Å². The van der Waals surface area contributed by atoms with E-state index in [4.69, 9.17) is 4.74 Å². The molecule has 0 unspecified atom stereocenters. The van der Waals surface area contributed by atoms with Gasteiger partial charge in [0.1, 0.15) is 6.61 Å². The second-order valence-corrected chi connectivity index (χ2v) is 9.33. The lowest BCUT2D eigenvalue weighted by Crippen LogP contribution is -2.50. The number of aliphatic hydroxyl groups excluding tert-OH is 1. The molecule has 2 rings (SSSR count). The summed E-state index contributed by atoms with van der Waals surface area (Å²) >= 11 is 0. The van der Waals surface area contributed by atoms with Crippen molar-refractivity contribution in [2.24, 2.45) is 11.8 Å². The molecule has 0 bridgehead atoms. The van der Waals surface area contributed by atoms with Crippen LogP contribution in [0.3, 0.4) is 0 Å². The molecular formula is C28H40N2O5. The lowest BCUT2D eigenvalue weighted by molar-refractivity contribution is -0.149. The molecule has 1 fully saturated rings. The van der Waals surface area contributed by atoms with Crippen molar-refractivity contribution in [1.29, 1.82) is 0 Å². The first-order valence-electron chi connectivity index (χ1n) is 12.5. The van der Waals surface area contributed by atoms with E-state index in [0.29, 0.717) is 25.7 Å². The Labute approximate surface area is 209 Å². The van der Waals surface area contributed by atoms with Gasteiger partial charge >= 0.3 is 5.97 Å². The molecule has 0 aromatic heterocycles. The topological polar surface area (TPSA) is 105 Å². The molecule has 1 aromatic carbocycles. The molecule has 1 aliphatic rings. The van der Waals surface area contributed by atoms with E-state index in [1.165, 1.54) is 0 Å². The smallest absolute Gasteiger partial charge is 0.309 e. The average molecular weight is 485 g/mol. The highest BCUT2D eigenvalue weighted by atomic mass is 16.5. The number of hydrogen-bond acceptors (Lipinski definition) is 5. The van der Waals surface area contributed by atoms with Gasteiger partial charge in [0.05, 0.1) is 30.5 Å².